The number of halogens is 1. The van der Waals surface area contributed by atoms with Crippen LogP contribution in [-0.4, -0.2) is 17.1 Å². The lowest BCUT2D eigenvalue weighted by Gasteiger charge is -1.99. The summed E-state index contributed by atoms with van der Waals surface area (Å²) in [5.74, 6) is -0.354. The van der Waals surface area contributed by atoms with Crippen LogP contribution in [0, 0.1) is 5.92 Å². The molecular formula is C6H8BrNO2. The molecule has 1 N–H and O–H groups in total. The predicted molar refractivity (Wildman–Crippen MR) is 39.7 cm³/mol. The van der Waals surface area contributed by atoms with Crippen molar-refractivity contribution in [3.63, 3.8) is 0 Å². The molecular weight excluding hydrogens is 198 g/mol. The molecule has 4 heteroatoms. The Morgan fingerprint density at radius 2 is 2.30 bits per heavy atom. The van der Waals surface area contributed by atoms with Crippen LogP contribution >= 0.6 is 15.9 Å². The molecule has 3 nitrogen and oxygen atoms in total. The first-order valence-corrected chi connectivity index (χ1v) is 4.26. The van der Waals surface area contributed by atoms with Gasteiger partial charge in [0.1, 0.15) is 0 Å². The molecule has 0 aromatic rings. The molecule has 1 atom stereocenters. The van der Waals surface area contributed by atoms with Gasteiger partial charge in [-0.05, 0) is 6.42 Å². The van der Waals surface area contributed by atoms with Crippen LogP contribution in [0.25, 0.3) is 0 Å². The molecule has 1 rings (SSSR count). The van der Waals surface area contributed by atoms with Gasteiger partial charge in [-0.2, -0.15) is 0 Å². The Balaban J connectivity index is 2.46. The zero-order chi connectivity index (χ0) is 7.56. The first-order valence-electron chi connectivity index (χ1n) is 3.13. The number of hydrogen-bond acceptors (Lipinski definition) is 2. The highest BCUT2D eigenvalue weighted by atomic mass is 79.9. The maximum Gasteiger partial charge on any atom is 0.230 e. The molecule has 1 saturated heterocycles. The molecule has 0 spiro atoms. The molecule has 0 aromatic heterocycles. The van der Waals surface area contributed by atoms with Crippen LogP contribution in [0.5, 0.6) is 0 Å². The van der Waals surface area contributed by atoms with Crippen LogP contribution < -0.4 is 5.32 Å². The zero-order valence-corrected chi connectivity index (χ0v) is 6.98. The third-order valence-electron chi connectivity index (χ3n) is 1.52. The summed E-state index contributed by atoms with van der Waals surface area (Å²) < 4.78 is 0. The van der Waals surface area contributed by atoms with E-state index in [1.807, 2.05) is 0 Å². The summed E-state index contributed by atoms with van der Waals surface area (Å²) in [7, 11) is 0. The molecule has 0 bridgehead atoms. The molecule has 1 fully saturated rings. The third-order valence-corrected chi connectivity index (χ3v) is 1.98. The van der Waals surface area contributed by atoms with E-state index in [-0.39, 0.29) is 17.7 Å². The predicted octanol–water partition coefficient (Wildman–Crippen LogP) is 0.434. The van der Waals surface area contributed by atoms with Gasteiger partial charge in [0.15, 0.2) is 0 Å². The van der Waals surface area contributed by atoms with Crippen molar-refractivity contribution in [3.8, 4) is 0 Å². The summed E-state index contributed by atoms with van der Waals surface area (Å²) in [4.78, 5) is 21.4. The highest BCUT2D eigenvalue weighted by molar-refractivity contribution is 9.09. The lowest BCUT2D eigenvalue weighted by molar-refractivity contribution is -0.125. The van der Waals surface area contributed by atoms with Crippen LogP contribution in [0.2, 0.25) is 0 Å². The number of carbonyl (C=O) groups is 2. The fourth-order valence-electron chi connectivity index (χ4n) is 0.972. The zero-order valence-electron chi connectivity index (χ0n) is 5.39. The first kappa shape index (κ1) is 7.72. The van der Waals surface area contributed by atoms with Gasteiger partial charge in [-0.1, -0.05) is 15.9 Å². The van der Waals surface area contributed by atoms with E-state index in [4.69, 9.17) is 0 Å². The summed E-state index contributed by atoms with van der Waals surface area (Å²) in [6.07, 6.45) is 1.11. The monoisotopic (exact) mass is 205 g/mol. The second-order valence-corrected chi connectivity index (χ2v) is 3.08. The molecule has 56 valence electrons. The normalized spacial score (nSPS) is 25.1. The molecule has 1 aliphatic rings. The average molecular weight is 206 g/mol. The first-order chi connectivity index (χ1) is 4.74. The SMILES string of the molecule is O=C1CC(CCBr)C(=O)N1. The number of carbonyl (C=O) groups excluding carboxylic acids is 2. The molecule has 0 radical (unpaired) electrons. The minimum absolute atomic E-state index is 0.0909. The van der Waals surface area contributed by atoms with Crippen LogP contribution in [-0.2, 0) is 9.59 Å². The molecule has 0 aliphatic carbocycles. The van der Waals surface area contributed by atoms with E-state index in [0.717, 1.165) is 11.8 Å². The molecule has 2 amide bonds. The lowest BCUT2D eigenvalue weighted by Crippen LogP contribution is -2.22. The van der Waals surface area contributed by atoms with Crippen molar-refractivity contribution in [2.75, 3.05) is 5.33 Å². The van der Waals surface area contributed by atoms with E-state index in [9.17, 15) is 9.59 Å². The smallest absolute Gasteiger partial charge is 0.230 e. The minimum Gasteiger partial charge on any atom is -0.296 e. The Morgan fingerprint density at radius 1 is 1.60 bits per heavy atom. The Kier molecular flexibility index (Phi) is 2.43. The van der Waals surface area contributed by atoms with Crippen molar-refractivity contribution in [3.05, 3.63) is 0 Å². The van der Waals surface area contributed by atoms with Crippen LogP contribution in [0.3, 0.4) is 0 Å². The third kappa shape index (κ3) is 1.56. The molecule has 1 heterocycles. The standard InChI is InChI=1S/C6H8BrNO2/c7-2-1-4-3-5(9)8-6(4)10/h4H,1-3H2,(H,8,9,10). The Morgan fingerprint density at radius 3 is 2.70 bits per heavy atom. The Hall–Kier alpha value is -0.380. The number of hydrogen-bond donors (Lipinski definition) is 1. The number of nitrogens with one attached hydrogen (secondary N) is 1. The van der Waals surface area contributed by atoms with Crippen molar-refractivity contribution in [2.45, 2.75) is 12.8 Å². The van der Waals surface area contributed by atoms with Gasteiger partial charge in [0.25, 0.3) is 0 Å². The highest BCUT2D eigenvalue weighted by Crippen LogP contribution is 2.15. The van der Waals surface area contributed by atoms with Gasteiger partial charge in [0, 0.05) is 17.7 Å². The molecule has 1 unspecified atom stereocenters. The van der Waals surface area contributed by atoms with E-state index in [2.05, 4.69) is 21.2 Å². The van der Waals surface area contributed by atoms with Crippen molar-refractivity contribution >= 4 is 27.7 Å². The van der Waals surface area contributed by atoms with E-state index in [0.29, 0.717) is 6.42 Å². The van der Waals surface area contributed by atoms with Crippen molar-refractivity contribution < 1.29 is 9.59 Å². The van der Waals surface area contributed by atoms with Crippen molar-refractivity contribution in [1.29, 1.82) is 0 Å². The van der Waals surface area contributed by atoms with Crippen molar-refractivity contribution in [2.24, 2.45) is 5.92 Å². The van der Waals surface area contributed by atoms with Gasteiger partial charge in [-0.25, -0.2) is 0 Å². The van der Waals surface area contributed by atoms with E-state index < -0.39 is 0 Å². The van der Waals surface area contributed by atoms with Gasteiger partial charge in [-0.15, -0.1) is 0 Å². The molecule has 0 saturated carbocycles. The van der Waals surface area contributed by atoms with Gasteiger partial charge in [-0.3, -0.25) is 14.9 Å². The Labute approximate surface area is 67.3 Å². The molecule has 1 aliphatic heterocycles. The minimum atomic E-state index is -0.143. The topological polar surface area (TPSA) is 46.2 Å². The Bertz CT molecular complexity index is 169. The lowest BCUT2D eigenvalue weighted by atomic mass is 10.1. The molecule has 10 heavy (non-hydrogen) atoms. The van der Waals surface area contributed by atoms with Gasteiger partial charge in [0.05, 0.1) is 0 Å². The van der Waals surface area contributed by atoms with Gasteiger partial charge in [0.2, 0.25) is 11.8 Å². The summed E-state index contributed by atoms with van der Waals surface area (Å²) >= 11 is 3.22. The summed E-state index contributed by atoms with van der Waals surface area (Å²) in [5, 5.41) is 3.03. The highest BCUT2D eigenvalue weighted by Gasteiger charge is 2.29. The van der Waals surface area contributed by atoms with Crippen LogP contribution in [0.1, 0.15) is 12.8 Å². The largest absolute Gasteiger partial charge is 0.296 e. The van der Waals surface area contributed by atoms with Crippen LogP contribution in [0.15, 0.2) is 0 Å². The van der Waals surface area contributed by atoms with Gasteiger partial charge < -0.3 is 0 Å². The second kappa shape index (κ2) is 3.14. The quantitative estimate of drug-likeness (QED) is 0.526. The summed E-state index contributed by atoms with van der Waals surface area (Å²) in [6.45, 7) is 0. The summed E-state index contributed by atoms with van der Waals surface area (Å²) in [6, 6.07) is 0. The number of amides is 2. The van der Waals surface area contributed by atoms with Gasteiger partial charge >= 0.3 is 0 Å². The number of alkyl halides is 1. The van der Waals surface area contributed by atoms with E-state index in [1.165, 1.54) is 0 Å². The maximum absolute atomic E-state index is 10.8. The summed E-state index contributed by atoms with van der Waals surface area (Å²) in [5.41, 5.74) is 0. The average Bonchev–Trinajstić information content (AvgIpc) is 2.13. The number of rotatable bonds is 2. The van der Waals surface area contributed by atoms with Crippen LogP contribution in [0.4, 0.5) is 0 Å². The fourth-order valence-corrected chi connectivity index (χ4v) is 1.52. The second-order valence-electron chi connectivity index (χ2n) is 2.29. The maximum atomic E-state index is 10.8. The molecule has 0 aromatic carbocycles. The van der Waals surface area contributed by atoms with Crippen molar-refractivity contribution in [1.82, 2.24) is 5.32 Å². The fraction of sp³-hybridized carbons (Fsp3) is 0.667. The number of imide groups is 1. The van der Waals surface area contributed by atoms with E-state index >= 15 is 0 Å². The van der Waals surface area contributed by atoms with E-state index in [1.54, 1.807) is 0 Å².